The van der Waals surface area contributed by atoms with Crippen molar-refractivity contribution in [1.29, 1.82) is 0 Å². The maximum atomic E-state index is 9.64. The Hall–Kier alpha value is 0.536. The smallest absolute Gasteiger partial charge is 0.545 e. The van der Waals surface area contributed by atoms with Crippen LogP contribution in [0, 0.1) is 0 Å². The second kappa shape index (κ2) is 22.7. The summed E-state index contributed by atoms with van der Waals surface area (Å²) in [7, 11) is 0. The molecule has 0 fully saturated rings. The van der Waals surface area contributed by atoms with Crippen LogP contribution in [0.2, 0.25) is 0 Å². The first-order chi connectivity index (χ1) is 7.54. The van der Waals surface area contributed by atoms with Gasteiger partial charge in [0.15, 0.2) is 0 Å². The van der Waals surface area contributed by atoms with Crippen molar-refractivity contribution in [2.24, 2.45) is 0 Å². The molecular formula is C12H14KNaO4. The van der Waals surface area contributed by atoms with Crippen molar-refractivity contribution in [3.8, 4) is 0 Å². The van der Waals surface area contributed by atoms with Gasteiger partial charge in [0.25, 0.3) is 0 Å². The van der Waals surface area contributed by atoms with E-state index in [1.165, 1.54) is 12.2 Å². The minimum Gasteiger partial charge on any atom is -0.545 e. The molecule has 0 aromatic heterocycles. The topological polar surface area (TPSA) is 80.3 Å². The molecule has 0 saturated carbocycles. The molecule has 0 radical (unpaired) electrons. The molecule has 0 aliphatic rings. The zero-order valence-corrected chi connectivity index (χ0v) is 16.4. The first-order valence-corrected chi connectivity index (χ1v) is 4.55. The average Bonchev–Trinajstić information content (AvgIpc) is 2.18. The minimum absolute atomic E-state index is 0. The molecule has 0 amide bonds. The Kier molecular flexibility index (Phi) is 34.0. The fourth-order valence-corrected chi connectivity index (χ4v) is 0.490. The van der Waals surface area contributed by atoms with E-state index in [1.54, 1.807) is 38.2 Å². The van der Waals surface area contributed by atoms with Gasteiger partial charge >= 0.3 is 80.9 Å². The fourth-order valence-electron chi connectivity index (χ4n) is 0.490. The fraction of sp³-hybridized carbons (Fsp3) is 0.167. The SMILES string of the molecule is CC=CC=CC(=O)[O-].CC=CC=CC(=O)[O-].[K+].[Na+]. The standard InChI is InChI=1S/2C6H8O2.K.Na/c2*1-2-3-4-5-6(7)8;;/h2*2-5H,1H3,(H,7,8);;/q;;2*+1/p-2. The number of carbonyl (C=O) groups excluding carboxylic acids is 2. The molecular weight excluding hydrogens is 270 g/mol. The van der Waals surface area contributed by atoms with Gasteiger partial charge in [-0.3, -0.25) is 0 Å². The summed E-state index contributed by atoms with van der Waals surface area (Å²) in [6.07, 6.45) is 11.5. The van der Waals surface area contributed by atoms with E-state index >= 15 is 0 Å². The molecule has 88 valence electrons. The predicted molar refractivity (Wildman–Crippen MR) is 57.9 cm³/mol. The Morgan fingerprint density at radius 2 is 1.06 bits per heavy atom. The van der Waals surface area contributed by atoms with E-state index in [9.17, 15) is 19.8 Å². The maximum absolute atomic E-state index is 9.64. The molecule has 0 aromatic rings. The van der Waals surface area contributed by atoms with Crippen molar-refractivity contribution in [3.63, 3.8) is 0 Å². The number of aliphatic carboxylic acids is 2. The van der Waals surface area contributed by atoms with Gasteiger partial charge in [-0.05, 0) is 26.0 Å². The van der Waals surface area contributed by atoms with E-state index in [1.807, 2.05) is 0 Å². The molecule has 0 heterocycles. The molecule has 6 heteroatoms. The van der Waals surface area contributed by atoms with Crippen LogP contribution in [0.3, 0.4) is 0 Å². The second-order valence-corrected chi connectivity index (χ2v) is 2.41. The van der Waals surface area contributed by atoms with Gasteiger partial charge < -0.3 is 19.8 Å². The summed E-state index contributed by atoms with van der Waals surface area (Å²) in [5.74, 6) is -2.33. The third-order valence-corrected chi connectivity index (χ3v) is 1.07. The summed E-state index contributed by atoms with van der Waals surface area (Å²) < 4.78 is 0. The second-order valence-electron chi connectivity index (χ2n) is 2.41. The van der Waals surface area contributed by atoms with Gasteiger partial charge in [-0.15, -0.1) is 0 Å². The molecule has 18 heavy (non-hydrogen) atoms. The van der Waals surface area contributed by atoms with Crippen molar-refractivity contribution in [3.05, 3.63) is 48.6 Å². The number of carboxylic acids is 2. The third kappa shape index (κ3) is 36.0. The summed E-state index contributed by atoms with van der Waals surface area (Å²) in [6.45, 7) is 3.61. The molecule has 0 atom stereocenters. The molecule has 0 N–H and O–H groups in total. The monoisotopic (exact) mass is 284 g/mol. The van der Waals surface area contributed by atoms with Gasteiger partial charge in [0.1, 0.15) is 0 Å². The molecule has 0 rings (SSSR count). The van der Waals surface area contributed by atoms with E-state index in [2.05, 4.69) is 0 Å². The number of carbonyl (C=O) groups is 2. The van der Waals surface area contributed by atoms with Crippen LogP contribution in [-0.2, 0) is 9.59 Å². The Morgan fingerprint density at radius 3 is 1.22 bits per heavy atom. The zero-order valence-electron chi connectivity index (χ0n) is 11.3. The number of hydrogen-bond donors (Lipinski definition) is 0. The van der Waals surface area contributed by atoms with E-state index in [0.29, 0.717) is 0 Å². The van der Waals surface area contributed by atoms with E-state index in [-0.39, 0.29) is 80.9 Å². The molecule has 4 nitrogen and oxygen atoms in total. The molecule has 0 bridgehead atoms. The van der Waals surface area contributed by atoms with Gasteiger partial charge in [0.05, 0.1) is 11.9 Å². The van der Waals surface area contributed by atoms with Crippen molar-refractivity contribution in [2.75, 3.05) is 0 Å². The normalized spacial score (nSPS) is 9.89. The van der Waals surface area contributed by atoms with Crippen LogP contribution in [0.25, 0.3) is 0 Å². The first-order valence-electron chi connectivity index (χ1n) is 4.55. The molecule has 0 aromatic carbocycles. The van der Waals surface area contributed by atoms with E-state index in [4.69, 9.17) is 0 Å². The summed E-state index contributed by atoms with van der Waals surface area (Å²) in [5.41, 5.74) is 0. The third-order valence-electron chi connectivity index (χ3n) is 1.07. The number of rotatable bonds is 4. The van der Waals surface area contributed by atoms with E-state index in [0.717, 1.165) is 12.2 Å². The van der Waals surface area contributed by atoms with Gasteiger partial charge in [-0.1, -0.05) is 36.5 Å². The zero-order chi connectivity index (χ0) is 12.8. The van der Waals surface area contributed by atoms with Crippen molar-refractivity contribution >= 4 is 11.9 Å². The first kappa shape index (κ1) is 27.0. The quantitative estimate of drug-likeness (QED) is 0.292. The van der Waals surface area contributed by atoms with Gasteiger partial charge in [-0.25, -0.2) is 0 Å². The molecule has 0 unspecified atom stereocenters. The van der Waals surface area contributed by atoms with Crippen LogP contribution < -0.4 is 91.2 Å². The van der Waals surface area contributed by atoms with Crippen LogP contribution in [0.15, 0.2) is 48.6 Å². The van der Waals surface area contributed by atoms with Crippen molar-refractivity contribution in [2.45, 2.75) is 13.8 Å². The molecule has 0 spiro atoms. The van der Waals surface area contributed by atoms with Gasteiger partial charge in [0.2, 0.25) is 0 Å². The Labute approximate surface area is 172 Å². The van der Waals surface area contributed by atoms with Crippen LogP contribution in [0.1, 0.15) is 13.8 Å². The van der Waals surface area contributed by atoms with Crippen molar-refractivity contribution < 1.29 is 101 Å². The van der Waals surface area contributed by atoms with Crippen LogP contribution in [-0.4, -0.2) is 11.9 Å². The Balaban J connectivity index is -0.0000000980. The number of allylic oxidation sites excluding steroid dienone is 6. The van der Waals surface area contributed by atoms with Crippen LogP contribution in [0.4, 0.5) is 0 Å². The number of hydrogen-bond acceptors (Lipinski definition) is 4. The molecule has 0 saturated heterocycles. The summed E-state index contributed by atoms with van der Waals surface area (Å²) >= 11 is 0. The largest absolute Gasteiger partial charge is 1.00 e. The summed E-state index contributed by atoms with van der Waals surface area (Å²) in [6, 6.07) is 0. The van der Waals surface area contributed by atoms with Gasteiger partial charge in [-0.2, -0.15) is 0 Å². The Bertz CT molecular complexity index is 288. The molecule has 0 aliphatic carbocycles. The Morgan fingerprint density at radius 1 is 0.778 bits per heavy atom. The van der Waals surface area contributed by atoms with Crippen molar-refractivity contribution in [1.82, 2.24) is 0 Å². The van der Waals surface area contributed by atoms with Crippen LogP contribution >= 0.6 is 0 Å². The van der Waals surface area contributed by atoms with Gasteiger partial charge in [0, 0.05) is 0 Å². The predicted octanol–water partition coefficient (Wildman–Crippen LogP) is -6.25. The maximum Gasteiger partial charge on any atom is 1.00 e. The van der Waals surface area contributed by atoms with Crippen LogP contribution in [0.5, 0.6) is 0 Å². The molecule has 0 aliphatic heterocycles. The van der Waals surface area contributed by atoms with E-state index < -0.39 is 11.9 Å². The minimum atomic E-state index is -1.16. The summed E-state index contributed by atoms with van der Waals surface area (Å²) in [5, 5.41) is 19.3. The number of carboxylic acid groups (broad SMARTS) is 2. The summed E-state index contributed by atoms with van der Waals surface area (Å²) in [4.78, 5) is 19.3. The average molecular weight is 284 g/mol.